The Kier molecular flexibility index (Phi) is 8.80. The van der Waals surface area contributed by atoms with Gasteiger partial charge in [0.15, 0.2) is 0 Å². The molecule has 3 aromatic rings. The number of benzene rings is 2. The van der Waals surface area contributed by atoms with Crippen molar-refractivity contribution in [3.8, 4) is 0 Å². The summed E-state index contributed by atoms with van der Waals surface area (Å²) in [6.45, 7) is 6.44. The number of nitrogens with one attached hydrogen (secondary N) is 1. The maximum Gasteiger partial charge on any atom is 0.471 e. The number of hydrogen-bond donors (Lipinski definition) is 1. The molecular weight excluding hydrogens is 545 g/mol. The molecule has 0 bridgehead atoms. The van der Waals surface area contributed by atoms with Crippen molar-refractivity contribution in [3.63, 3.8) is 0 Å². The summed E-state index contributed by atoms with van der Waals surface area (Å²) in [4.78, 5) is 30.3. The Labute approximate surface area is 244 Å². The lowest BCUT2D eigenvalue weighted by molar-refractivity contribution is -0.185. The van der Waals surface area contributed by atoms with Crippen molar-refractivity contribution in [1.82, 2.24) is 10.2 Å². The molecule has 7 nitrogen and oxygen atoms in total. The van der Waals surface area contributed by atoms with E-state index in [-0.39, 0.29) is 38.5 Å². The van der Waals surface area contributed by atoms with Crippen LogP contribution < -0.4 is 15.1 Å². The van der Waals surface area contributed by atoms with Crippen molar-refractivity contribution in [3.05, 3.63) is 82.8 Å². The molecule has 42 heavy (non-hydrogen) atoms. The number of anilines is 2. The number of rotatable bonds is 7. The Bertz CT molecular complexity index is 1410. The summed E-state index contributed by atoms with van der Waals surface area (Å²) >= 11 is 0. The van der Waals surface area contributed by atoms with E-state index in [2.05, 4.69) is 35.3 Å². The van der Waals surface area contributed by atoms with E-state index < -0.39 is 18.1 Å². The minimum absolute atomic E-state index is 0.0107. The predicted octanol–water partition coefficient (Wildman–Crippen LogP) is 5.55. The highest BCUT2D eigenvalue weighted by molar-refractivity contribution is 5.82. The largest absolute Gasteiger partial charge is 0.471 e. The van der Waals surface area contributed by atoms with Crippen molar-refractivity contribution in [2.75, 3.05) is 49.1 Å². The number of hydrogen-bond acceptors (Lipinski definition) is 5. The third-order valence-corrected chi connectivity index (χ3v) is 7.99. The second-order valence-electron chi connectivity index (χ2n) is 11.2. The van der Waals surface area contributed by atoms with Gasteiger partial charge in [0.1, 0.15) is 17.6 Å². The van der Waals surface area contributed by atoms with Crippen LogP contribution in [0.25, 0.3) is 0 Å². The van der Waals surface area contributed by atoms with Crippen molar-refractivity contribution in [1.29, 1.82) is 0 Å². The van der Waals surface area contributed by atoms with Gasteiger partial charge in [-0.05, 0) is 74.6 Å². The number of aryl methyl sites for hydroxylation is 2. The quantitative estimate of drug-likeness (QED) is 0.396. The van der Waals surface area contributed by atoms with Crippen LogP contribution in [0, 0.1) is 13.8 Å². The average Bonchev–Trinajstić information content (AvgIpc) is 3.41. The zero-order valence-electron chi connectivity index (χ0n) is 24.0. The van der Waals surface area contributed by atoms with E-state index in [0.29, 0.717) is 5.76 Å². The Morgan fingerprint density at radius 2 is 1.62 bits per heavy atom. The van der Waals surface area contributed by atoms with Gasteiger partial charge in [0.05, 0.1) is 6.42 Å². The van der Waals surface area contributed by atoms with Crippen LogP contribution in [0.5, 0.6) is 0 Å². The summed E-state index contributed by atoms with van der Waals surface area (Å²) in [6, 6.07) is 17.1. The van der Waals surface area contributed by atoms with E-state index in [1.807, 2.05) is 48.2 Å². The molecule has 5 rings (SSSR count). The number of nitrogens with zero attached hydrogens (tertiary/aromatic N) is 3. The maximum absolute atomic E-state index is 13.5. The first-order valence-electron chi connectivity index (χ1n) is 14.5. The summed E-state index contributed by atoms with van der Waals surface area (Å²) in [5.74, 6) is -0.536. The topological polar surface area (TPSA) is 69.0 Å². The second kappa shape index (κ2) is 12.5. The molecule has 0 radical (unpaired) electrons. The lowest BCUT2D eigenvalue weighted by Crippen LogP contribution is -2.52. The van der Waals surface area contributed by atoms with Gasteiger partial charge in [0.2, 0.25) is 5.91 Å². The molecule has 224 valence electrons. The van der Waals surface area contributed by atoms with E-state index in [1.165, 1.54) is 6.42 Å². The number of carbonyl (C=O) groups excluding carboxylic acids is 2. The lowest BCUT2D eigenvalue weighted by atomic mass is 9.97. The zero-order valence-corrected chi connectivity index (χ0v) is 24.0. The Morgan fingerprint density at radius 1 is 0.881 bits per heavy atom. The normalized spacial score (nSPS) is 16.8. The van der Waals surface area contributed by atoms with Crippen LogP contribution in [0.4, 0.5) is 24.5 Å². The molecule has 10 heteroatoms. The SMILES string of the molecule is Cc1ccc(C(NC(=O)Cc2cccc(N3CCN(C(=O)C(F)(F)F)CC3)c2)c2ccc(C)o2)c(N2CCCCC2)c1. The van der Waals surface area contributed by atoms with Gasteiger partial charge in [-0.3, -0.25) is 9.59 Å². The van der Waals surface area contributed by atoms with E-state index >= 15 is 0 Å². The molecule has 2 aromatic carbocycles. The number of halogens is 3. The van der Waals surface area contributed by atoms with E-state index in [1.54, 1.807) is 0 Å². The van der Waals surface area contributed by atoms with Crippen LogP contribution in [-0.4, -0.2) is 62.2 Å². The van der Waals surface area contributed by atoms with Crippen LogP contribution >= 0.6 is 0 Å². The highest BCUT2D eigenvalue weighted by Gasteiger charge is 2.43. The highest BCUT2D eigenvalue weighted by atomic mass is 19.4. The van der Waals surface area contributed by atoms with Crippen molar-refractivity contribution < 1.29 is 27.2 Å². The third kappa shape index (κ3) is 6.91. The van der Waals surface area contributed by atoms with Crippen LogP contribution in [-0.2, 0) is 16.0 Å². The number of piperidine rings is 1. The molecule has 2 fully saturated rings. The summed E-state index contributed by atoms with van der Waals surface area (Å²) in [5.41, 5.74) is 4.85. The standard InChI is InChI=1S/C32H37F3N4O3/c1-22-9-11-26(27(19-22)38-13-4-3-5-14-38)30(28-12-10-23(2)42-28)36-29(40)21-24-7-6-8-25(20-24)37-15-17-39(18-16-37)31(41)32(33,34)35/h6-12,19-20,30H,3-5,13-18,21H2,1-2H3,(H,36,40). The molecule has 0 saturated carbocycles. The molecule has 1 unspecified atom stereocenters. The fourth-order valence-electron chi connectivity index (χ4n) is 5.82. The fourth-order valence-corrected chi connectivity index (χ4v) is 5.82. The highest BCUT2D eigenvalue weighted by Crippen LogP contribution is 2.34. The monoisotopic (exact) mass is 582 g/mol. The van der Waals surface area contributed by atoms with Crippen LogP contribution in [0.2, 0.25) is 0 Å². The number of carbonyl (C=O) groups is 2. The maximum atomic E-state index is 13.5. The van der Waals surface area contributed by atoms with Gasteiger partial charge in [-0.15, -0.1) is 0 Å². The average molecular weight is 583 g/mol. The first-order chi connectivity index (χ1) is 20.1. The molecule has 1 N–H and O–H groups in total. The summed E-state index contributed by atoms with van der Waals surface area (Å²) in [5, 5.41) is 3.22. The Hall–Kier alpha value is -3.95. The molecule has 1 aromatic heterocycles. The number of piperazine rings is 1. The zero-order chi connectivity index (χ0) is 29.9. The van der Waals surface area contributed by atoms with Gasteiger partial charge in [0.25, 0.3) is 0 Å². The van der Waals surface area contributed by atoms with E-state index in [9.17, 15) is 22.8 Å². The number of amides is 2. The van der Waals surface area contributed by atoms with Crippen LogP contribution in [0.3, 0.4) is 0 Å². The second-order valence-corrected chi connectivity index (χ2v) is 11.2. The molecule has 0 aliphatic carbocycles. The van der Waals surface area contributed by atoms with Crippen molar-refractivity contribution >= 4 is 23.2 Å². The van der Waals surface area contributed by atoms with Crippen LogP contribution in [0.15, 0.2) is 59.0 Å². The van der Waals surface area contributed by atoms with Gasteiger partial charge in [0, 0.05) is 56.2 Å². The first kappa shape index (κ1) is 29.5. The van der Waals surface area contributed by atoms with Gasteiger partial charge in [-0.2, -0.15) is 13.2 Å². The van der Waals surface area contributed by atoms with Gasteiger partial charge >= 0.3 is 12.1 Å². The molecule has 0 spiro atoms. The molecular formula is C32H37F3N4O3. The predicted molar refractivity (Wildman–Crippen MR) is 156 cm³/mol. The summed E-state index contributed by atoms with van der Waals surface area (Å²) in [6.07, 6.45) is -1.26. The summed E-state index contributed by atoms with van der Waals surface area (Å²) in [7, 11) is 0. The molecule has 2 aliphatic rings. The minimum Gasteiger partial charge on any atom is -0.464 e. The van der Waals surface area contributed by atoms with E-state index in [4.69, 9.17) is 4.42 Å². The van der Waals surface area contributed by atoms with Crippen molar-refractivity contribution in [2.24, 2.45) is 0 Å². The van der Waals surface area contributed by atoms with Gasteiger partial charge in [-0.1, -0.05) is 24.3 Å². The Balaban J connectivity index is 1.31. The van der Waals surface area contributed by atoms with E-state index in [0.717, 1.165) is 64.7 Å². The number of furan rings is 1. The smallest absolute Gasteiger partial charge is 0.464 e. The first-order valence-corrected chi connectivity index (χ1v) is 14.5. The van der Waals surface area contributed by atoms with Crippen molar-refractivity contribution in [2.45, 2.75) is 51.7 Å². The molecule has 1 atom stereocenters. The molecule has 3 heterocycles. The minimum atomic E-state index is -4.87. The van der Waals surface area contributed by atoms with Gasteiger partial charge in [-0.25, -0.2) is 0 Å². The fraction of sp³-hybridized carbons (Fsp3) is 0.438. The molecule has 2 saturated heterocycles. The summed E-state index contributed by atoms with van der Waals surface area (Å²) < 4.78 is 44.5. The lowest BCUT2D eigenvalue weighted by Gasteiger charge is -2.36. The number of alkyl halides is 3. The van der Waals surface area contributed by atoms with Gasteiger partial charge < -0.3 is 24.4 Å². The Morgan fingerprint density at radius 3 is 2.29 bits per heavy atom. The molecule has 2 aliphatic heterocycles. The third-order valence-electron chi connectivity index (χ3n) is 7.99. The molecule has 2 amide bonds. The van der Waals surface area contributed by atoms with Crippen LogP contribution in [0.1, 0.15) is 53.5 Å².